The summed E-state index contributed by atoms with van der Waals surface area (Å²) in [4.78, 5) is 2.21. The molecule has 0 heterocycles. The molecule has 0 radical (unpaired) electrons. The molecule has 1 unspecified atom stereocenters. The Kier molecular flexibility index (Phi) is 5.50. The zero-order valence-electron chi connectivity index (χ0n) is 11.0. The number of nitrogens with zero attached hydrogens (tertiary/aromatic N) is 1. The Morgan fingerprint density at radius 2 is 1.69 bits per heavy atom. The molecular formula is C14H24N2. The summed E-state index contributed by atoms with van der Waals surface area (Å²) in [6, 6.07) is 9.39. The predicted octanol–water partition coefficient (Wildman–Crippen LogP) is 2.29. The van der Waals surface area contributed by atoms with Crippen molar-refractivity contribution >= 4 is 0 Å². The first-order chi connectivity index (χ1) is 7.61. The van der Waals surface area contributed by atoms with E-state index >= 15 is 0 Å². The van der Waals surface area contributed by atoms with Gasteiger partial charge in [0.2, 0.25) is 0 Å². The van der Waals surface area contributed by atoms with Gasteiger partial charge < -0.3 is 10.2 Å². The van der Waals surface area contributed by atoms with Crippen LogP contribution in [-0.4, -0.2) is 31.6 Å². The number of likely N-dealkylation sites (N-methyl/N-ethyl adjacent to an activating group) is 1. The minimum Gasteiger partial charge on any atom is -0.309 e. The molecular weight excluding hydrogens is 196 g/mol. The van der Waals surface area contributed by atoms with Gasteiger partial charge in [-0.1, -0.05) is 31.2 Å². The van der Waals surface area contributed by atoms with Crippen LogP contribution in [0.15, 0.2) is 24.3 Å². The maximum absolute atomic E-state index is 3.53. The van der Waals surface area contributed by atoms with Crippen molar-refractivity contribution in [2.45, 2.75) is 32.9 Å². The van der Waals surface area contributed by atoms with Crippen LogP contribution in [0.25, 0.3) is 0 Å². The van der Waals surface area contributed by atoms with Crippen molar-refractivity contribution in [3.63, 3.8) is 0 Å². The summed E-state index contributed by atoms with van der Waals surface area (Å²) in [5.41, 5.74) is 2.77. The monoisotopic (exact) mass is 220 g/mol. The number of nitrogens with one attached hydrogen (secondary N) is 1. The van der Waals surface area contributed by atoms with Crippen LogP contribution in [0.4, 0.5) is 0 Å². The SMILES string of the molecule is CCc1ccc(CNC(C)CN(C)C)cc1. The lowest BCUT2D eigenvalue weighted by molar-refractivity contribution is 0.349. The fourth-order valence-corrected chi connectivity index (χ4v) is 1.80. The first-order valence-electron chi connectivity index (χ1n) is 6.07. The number of hydrogen-bond acceptors (Lipinski definition) is 2. The number of hydrogen-bond donors (Lipinski definition) is 1. The van der Waals surface area contributed by atoms with Crippen LogP contribution in [0.5, 0.6) is 0 Å². The molecule has 2 nitrogen and oxygen atoms in total. The van der Waals surface area contributed by atoms with Crippen molar-refractivity contribution in [1.29, 1.82) is 0 Å². The molecule has 0 amide bonds. The van der Waals surface area contributed by atoms with Crippen LogP contribution in [0.2, 0.25) is 0 Å². The first kappa shape index (κ1) is 13.2. The second kappa shape index (κ2) is 6.66. The highest BCUT2D eigenvalue weighted by molar-refractivity contribution is 5.22. The molecule has 0 spiro atoms. The van der Waals surface area contributed by atoms with Gasteiger partial charge in [0.15, 0.2) is 0 Å². The van der Waals surface area contributed by atoms with E-state index in [2.05, 4.69) is 62.4 Å². The molecule has 90 valence electrons. The van der Waals surface area contributed by atoms with Gasteiger partial charge in [-0.3, -0.25) is 0 Å². The summed E-state index contributed by atoms with van der Waals surface area (Å²) in [6.45, 7) is 6.44. The van der Waals surface area contributed by atoms with Gasteiger partial charge in [0, 0.05) is 19.1 Å². The maximum atomic E-state index is 3.53. The smallest absolute Gasteiger partial charge is 0.0208 e. The normalized spacial score (nSPS) is 13.1. The Morgan fingerprint density at radius 1 is 1.12 bits per heavy atom. The average Bonchev–Trinajstić information content (AvgIpc) is 2.26. The zero-order chi connectivity index (χ0) is 12.0. The van der Waals surface area contributed by atoms with Crippen LogP contribution < -0.4 is 5.32 Å². The van der Waals surface area contributed by atoms with Gasteiger partial charge in [-0.25, -0.2) is 0 Å². The van der Waals surface area contributed by atoms with E-state index in [9.17, 15) is 0 Å². The summed E-state index contributed by atoms with van der Waals surface area (Å²) in [5, 5.41) is 3.53. The molecule has 0 aliphatic carbocycles. The van der Waals surface area contributed by atoms with Gasteiger partial charge in [0.05, 0.1) is 0 Å². The number of aryl methyl sites for hydroxylation is 1. The summed E-state index contributed by atoms with van der Waals surface area (Å²) in [6.07, 6.45) is 1.12. The van der Waals surface area contributed by atoms with Gasteiger partial charge in [-0.2, -0.15) is 0 Å². The van der Waals surface area contributed by atoms with E-state index in [1.807, 2.05) is 0 Å². The Labute approximate surface area is 99.7 Å². The molecule has 1 aromatic rings. The summed E-state index contributed by atoms with van der Waals surface area (Å²) >= 11 is 0. The summed E-state index contributed by atoms with van der Waals surface area (Å²) in [5.74, 6) is 0. The molecule has 1 N–H and O–H groups in total. The highest BCUT2D eigenvalue weighted by Gasteiger charge is 2.02. The topological polar surface area (TPSA) is 15.3 Å². The van der Waals surface area contributed by atoms with Crippen LogP contribution >= 0.6 is 0 Å². The Balaban J connectivity index is 2.36. The van der Waals surface area contributed by atoms with Crippen LogP contribution in [0.1, 0.15) is 25.0 Å². The largest absolute Gasteiger partial charge is 0.309 e. The standard InChI is InChI=1S/C14H24N2/c1-5-13-6-8-14(9-7-13)10-15-12(2)11-16(3)4/h6-9,12,15H,5,10-11H2,1-4H3. The molecule has 1 aromatic carbocycles. The summed E-state index contributed by atoms with van der Waals surface area (Å²) < 4.78 is 0. The molecule has 16 heavy (non-hydrogen) atoms. The van der Waals surface area contributed by atoms with E-state index in [1.54, 1.807) is 0 Å². The van der Waals surface area contributed by atoms with E-state index in [-0.39, 0.29) is 0 Å². The van der Waals surface area contributed by atoms with Crippen molar-refractivity contribution in [2.24, 2.45) is 0 Å². The Hall–Kier alpha value is -0.860. The molecule has 0 aliphatic rings. The van der Waals surface area contributed by atoms with Gasteiger partial charge in [0.1, 0.15) is 0 Å². The van der Waals surface area contributed by atoms with Crippen LogP contribution in [0, 0.1) is 0 Å². The number of benzene rings is 1. The lowest BCUT2D eigenvalue weighted by atomic mass is 10.1. The average molecular weight is 220 g/mol. The molecule has 0 saturated carbocycles. The predicted molar refractivity (Wildman–Crippen MR) is 70.7 cm³/mol. The Bertz CT molecular complexity index is 290. The lowest BCUT2D eigenvalue weighted by Crippen LogP contribution is -2.35. The fraction of sp³-hybridized carbons (Fsp3) is 0.571. The third-order valence-electron chi connectivity index (χ3n) is 2.72. The lowest BCUT2D eigenvalue weighted by Gasteiger charge is -2.18. The van der Waals surface area contributed by atoms with Crippen molar-refractivity contribution in [3.05, 3.63) is 35.4 Å². The molecule has 0 fully saturated rings. The van der Waals surface area contributed by atoms with Crippen LogP contribution in [-0.2, 0) is 13.0 Å². The molecule has 0 saturated heterocycles. The zero-order valence-corrected chi connectivity index (χ0v) is 11.0. The molecule has 0 aliphatic heterocycles. The Morgan fingerprint density at radius 3 is 2.19 bits per heavy atom. The van der Waals surface area contributed by atoms with Gasteiger partial charge in [-0.05, 0) is 38.6 Å². The van der Waals surface area contributed by atoms with Crippen molar-refractivity contribution < 1.29 is 0 Å². The van der Waals surface area contributed by atoms with Gasteiger partial charge in [-0.15, -0.1) is 0 Å². The molecule has 2 heteroatoms. The van der Waals surface area contributed by atoms with Crippen LogP contribution in [0.3, 0.4) is 0 Å². The minimum atomic E-state index is 0.529. The highest BCUT2D eigenvalue weighted by Crippen LogP contribution is 2.05. The van der Waals surface area contributed by atoms with E-state index in [0.717, 1.165) is 19.5 Å². The molecule has 0 bridgehead atoms. The molecule has 0 aromatic heterocycles. The quantitative estimate of drug-likeness (QED) is 0.791. The van der Waals surface area contributed by atoms with E-state index in [1.165, 1.54) is 11.1 Å². The second-order valence-electron chi connectivity index (χ2n) is 4.71. The minimum absolute atomic E-state index is 0.529. The summed E-state index contributed by atoms with van der Waals surface area (Å²) in [7, 11) is 4.21. The van der Waals surface area contributed by atoms with Crippen molar-refractivity contribution in [1.82, 2.24) is 10.2 Å². The van der Waals surface area contributed by atoms with Crippen molar-refractivity contribution in [2.75, 3.05) is 20.6 Å². The fourth-order valence-electron chi connectivity index (χ4n) is 1.80. The van der Waals surface area contributed by atoms with E-state index in [4.69, 9.17) is 0 Å². The third kappa shape index (κ3) is 4.77. The van der Waals surface area contributed by atoms with Crippen molar-refractivity contribution in [3.8, 4) is 0 Å². The van der Waals surface area contributed by atoms with Gasteiger partial charge in [0.25, 0.3) is 0 Å². The maximum Gasteiger partial charge on any atom is 0.0208 e. The van der Waals surface area contributed by atoms with E-state index in [0.29, 0.717) is 6.04 Å². The molecule has 1 rings (SSSR count). The van der Waals surface area contributed by atoms with E-state index < -0.39 is 0 Å². The first-order valence-corrected chi connectivity index (χ1v) is 6.07. The molecule has 1 atom stereocenters. The third-order valence-corrected chi connectivity index (χ3v) is 2.72. The second-order valence-corrected chi connectivity index (χ2v) is 4.71. The number of rotatable bonds is 6. The van der Waals surface area contributed by atoms with Gasteiger partial charge >= 0.3 is 0 Å². The highest BCUT2D eigenvalue weighted by atomic mass is 15.1.